The summed E-state index contributed by atoms with van der Waals surface area (Å²) in [6.45, 7) is 1.97. The van der Waals surface area contributed by atoms with Crippen molar-refractivity contribution in [3.63, 3.8) is 0 Å². The minimum atomic E-state index is -0.224. The van der Waals surface area contributed by atoms with E-state index in [2.05, 4.69) is 0 Å². The standard InChI is InChI=1S/C15H13NO3.ClH/c1-9-11-5-3-4-6-16(11)8-10-7-12(17)14(18)15(19-2)13(9)10;/h3-8,17H,1-2H3;1H. The second-order valence-electron chi connectivity index (χ2n) is 4.49. The Morgan fingerprint density at radius 3 is 2.65 bits per heavy atom. The number of nitrogens with zero attached hydrogens (tertiary/aromatic N) is 1. The van der Waals surface area contributed by atoms with Crippen LogP contribution in [0.1, 0.15) is 5.56 Å². The second-order valence-corrected chi connectivity index (χ2v) is 4.49. The number of ether oxygens (including phenoxy) is 1. The molecule has 20 heavy (non-hydrogen) atoms. The van der Waals surface area contributed by atoms with Crippen LogP contribution < -0.4 is 21.5 Å². The van der Waals surface area contributed by atoms with Crippen molar-refractivity contribution in [3.8, 4) is 17.2 Å². The number of rotatable bonds is 1. The fraction of sp³-hybridized carbons (Fsp3) is 0.133. The van der Waals surface area contributed by atoms with E-state index in [9.17, 15) is 10.2 Å². The molecule has 2 N–H and O–H groups in total. The van der Waals surface area contributed by atoms with Gasteiger partial charge in [0.15, 0.2) is 23.9 Å². The molecule has 1 aromatic carbocycles. The predicted molar refractivity (Wildman–Crippen MR) is 71.7 cm³/mol. The molecule has 3 rings (SSSR count). The van der Waals surface area contributed by atoms with E-state index < -0.39 is 0 Å². The monoisotopic (exact) mass is 291 g/mol. The van der Waals surface area contributed by atoms with Crippen molar-refractivity contribution in [1.82, 2.24) is 0 Å². The summed E-state index contributed by atoms with van der Waals surface area (Å²) >= 11 is 0. The zero-order valence-corrected chi connectivity index (χ0v) is 11.8. The zero-order valence-electron chi connectivity index (χ0n) is 11.1. The van der Waals surface area contributed by atoms with Crippen LogP contribution in [0.15, 0.2) is 36.7 Å². The average molecular weight is 292 g/mol. The number of halogens is 1. The molecule has 104 valence electrons. The first kappa shape index (κ1) is 14.2. The van der Waals surface area contributed by atoms with Gasteiger partial charge in [0, 0.05) is 23.1 Å². The Morgan fingerprint density at radius 2 is 1.95 bits per heavy atom. The van der Waals surface area contributed by atoms with E-state index in [0.717, 1.165) is 21.9 Å². The second kappa shape index (κ2) is 5.06. The summed E-state index contributed by atoms with van der Waals surface area (Å²) in [5, 5.41) is 21.3. The number of methoxy groups -OCH3 is 1. The highest BCUT2D eigenvalue weighted by molar-refractivity contribution is 5.96. The van der Waals surface area contributed by atoms with Crippen LogP contribution in [-0.2, 0) is 0 Å². The van der Waals surface area contributed by atoms with Gasteiger partial charge in [0.2, 0.25) is 11.3 Å². The van der Waals surface area contributed by atoms with E-state index >= 15 is 0 Å². The lowest BCUT2D eigenvalue weighted by Crippen LogP contribution is -3.00. The summed E-state index contributed by atoms with van der Waals surface area (Å²) in [7, 11) is 1.48. The molecule has 0 saturated carbocycles. The summed E-state index contributed by atoms with van der Waals surface area (Å²) in [5.74, 6) is -0.100. The number of aryl methyl sites for hydroxylation is 1. The van der Waals surface area contributed by atoms with Crippen LogP contribution in [0.25, 0.3) is 16.3 Å². The van der Waals surface area contributed by atoms with Crippen LogP contribution in [-0.4, -0.2) is 17.3 Å². The topological polar surface area (TPSA) is 53.8 Å². The maximum Gasteiger partial charge on any atom is 0.214 e. The molecular formula is C15H14ClNO3. The number of benzene rings is 1. The number of aromatic nitrogens is 1. The summed E-state index contributed by atoms with van der Waals surface area (Å²) in [6.07, 6.45) is 3.84. The van der Waals surface area contributed by atoms with Gasteiger partial charge in [-0.05, 0) is 19.1 Å². The molecule has 0 bridgehead atoms. The molecule has 0 spiro atoms. The normalized spacial score (nSPS) is 10.5. The van der Waals surface area contributed by atoms with Gasteiger partial charge in [0.1, 0.15) is 0 Å². The van der Waals surface area contributed by atoms with Gasteiger partial charge in [-0.1, -0.05) is 0 Å². The summed E-state index contributed by atoms with van der Waals surface area (Å²) in [5.41, 5.74) is 2.02. The smallest absolute Gasteiger partial charge is 0.214 e. The number of phenolic OH excluding ortho intramolecular Hbond substituents is 2. The van der Waals surface area contributed by atoms with E-state index in [1.807, 2.05) is 41.9 Å². The fourth-order valence-electron chi connectivity index (χ4n) is 2.51. The molecule has 0 atom stereocenters. The SMILES string of the molecule is COc1c(O)c(O)cc2c[n+]3ccccc3c(C)c12.[Cl-]. The Kier molecular flexibility index (Phi) is 3.59. The zero-order chi connectivity index (χ0) is 13.6. The summed E-state index contributed by atoms with van der Waals surface area (Å²) in [6, 6.07) is 7.44. The third-order valence-electron chi connectivity index (χ3n) is 3.40. The van der Waals surface area contributed by atoms with Crippen molar-refractivity contribution in [2.75, 3.05) is 7.11 Å². The quantitative estimate of drug-likeness (QED) is 0.355. The summed E-state index contributed by atoms with van der Waals surface area (Å²) < 4.78 is 7.23. The maximum absolute atomic E-state index is 9.91. The number of hydrogen-bond acceptors (Lipinski definition) is 3. The van der Waals surface area contributed by atoms with E-state index in [1.54, 1.807) is 6.07 Å². The Morgan fingerprint density at radius 1 is 1.20 bits per heavy atom. The molecule has 0 unspecified atom stereocenters. The van der Waals surface area contributed by atoms with Crippen molar-refractivity contribution in [1.29, 1.82) is 0 Å². The largest absolute Gasteiger partial charge is 1.00 e. The number of hydrogen-bond donors (Lipinski definition) is 2. The lowest BCUT2D eigenvalue weighted by Gasteiger charge is -2.10. The van der Waals surface area contributed by atoms with Crippen LogP contribution in [0.4, 0.5) is 0 Å². The van der Waals surface area contributed by atoms with Crippen molar-refractivity contribution < 1.29 is 31.8 Å². The Hall–Kier alpha value is -2.20. The minimum absolute atomic E-state index is 0. The molecule has 0 aliphatic heterocycles. The van der Waals surface area contributed by atoms with Crippen LogP contribution >= 0.6 is 0 Å². The molecule has 0 radical (unpaired) electrons. The Labute approximate surface area is 122 Å². The van der Waals surface area contributed by atoms with Gasteiger partial charge >= 0.3 is 0 Å². The van der Waals surface area contributed by atoms with Crippen molar-refractivity contribution >= 4 is 16.3 Å². The Balaban J connectivity index is 0.00000147. The number of aromatic hydroxyl groups is 2. The predicted octanol–water partition coefficient (Wildman–Crippen LogP) is -0.689. The highest BCUT2D eigenvalue weighted by Gasteiger charge is 2.19. The van der Waals surface area contributed by atoms with Gasteiger partial charge in [0.25, 0.3) is 0 Å². The average Bonchev–Trinajstić information content (AvgIpc) is 2.41. The fourth-order valence-corrected chi connectivity index (χ4v) is 2.51. The van der Waals surface area contributed by atoms with E-state index in [4.69, 9.17) is 4.74 Å². The van der Waals surface area contributed by atoms with Gasteiger partial charge in [0.05, 0.1) is 12.5 Å². The lowest BCUT2D eigenvalue weighted by molar-refractivity contribution is -0.510. The number of fused-ring (bicyclic) bond motifs is 2. The van der Waals surface area contributed by atoms with Crippen molar-refractivity contribution in [2.24, 2.45) is 0 Å². The number of pyridine rings is 2. The molecule has 2 aromatic heterocycles. The summed E-state index contributed by atoms with van der Waals surface area (Å²) in [4.78, 5) is 0. The molecule has 0 aliphatic rings. The molecule has 4 nitrogen and oxygen atoms in total. The highest BCUT2D eigenvalue weighted by Crippen LogP contribution is 2.43. The van der Waals surface area contributed by atoms with Gasteiger partial charge in [-0.25, -0.2) is 0 Å². The molecule has 3 aromatic rings. The molecular weight excluding hydrogens is 278 g/mol. The molecule has 0 saturated heterocycles. The first-order valence-corrected chi connectivity index (χ1v) is 5.95. The van der Waals surface area contributed by atoms with E-state index in [-0.39, 0.29) is 23.9 Å². The minimum Gasteiger partial charge on any atom is -1.00 e. The lowest BCUT2D eigenvalue weighted by atomic mass is 10.0. The van der Waals surface area contributed by atoms with Gasteiger partial charge in [-0.3, -0.25) is 0 Å². The molecule has 0 aliphatic carbocycles. The molecule has 0 fully saturated rings. The first-order valence-electron chi connectivity index (χ1n) is 5.95. The van der Waals surface area contributed by atoms with Gasteiger partial charge in [-0.2, -0.15) is 4.40 Å². The molecule has 0 amide bonds. The third kappa shape index (κ3) is 1.89. The van der Waals surface area contributed by atoms with Crippen molar-refractivity contribution in [3.05, 3.63) is 42.2 Å². The van der Waals surface area contributed by atoms with Crippen LogP contribution in [0.5, 0.6) is 17.2 Å². The van der Waals surface area contributed by atoms with E-state index in [0.29, 0.717) is 5.75 Å². The van der Waals surface area contributed by atoms with Gasteiger partial charge < -0.3 is 27.4 Å². The van der Waals surface area contributed by atoms with Crippen molar-refractivity contribution in [2.45, 2.75) is 6.92 Å². The first-order chi connectivity index (χ1) is 9.13. The molecule has 2 heterocycles. The molecule has 5 heteroatoms. The maximum atomic E-state index is 9.91. The van der Waals surface area contributed by atoms with Crippen LogP contribution in [0.3, 0.4) is 0 Å². The highest BCUT2D eigenvalue weighted by atomic mass is 35.5. The van der Waals surface area contributed by atoms with Crippen LogP contribution in [0.2, 0.25) is 0 Å². The van der Waals surface area contributed by atoms with Crippen LogP contribution in [0, 0.1) is 6.92 Å². The third-order valence-corrected chi connectivity index (χ3v) is 3.40. The Bertz CT molecular complexity index is 802. The number of phenols is 2. The van der Waals surface area contributed by atoms with E-state index in [1.165, 1.54) is 7.11 Å². The van der Waals surface area contributed by atoms with Gasteiger partial charge in [-0.15, -0.1) is 0 Å².